The molecule has 5 nitrogen and oxygen atoms in total. The van der Waals surface area contributed by atoms with E-state index in [1.165, 1.54) is 19.3 Å². The Morgan fingerprint density at radius 1 is 1.18 bits per heavy atom. The number of benzene rings is 1. The highest BCUT2D eigenvalue weighted by molar-refractivity contribution is 5.96. The number of carbonyl (C=O) groups excluding carboxylic acids is 2. The predicted molar refractivity (Wildman–Crippen MR) is 87.2 cm³/mol. The quantitative estimate of drug-likeness (QED) is 0.882. The fraction of sp³-hybridized carbons (Fsp3) is 0.529. The second-order valence-corrected chi connectivity index (χ2v) is 6.20. The number of nitrogens with zero attached hydrogens (tertiary/aromatic N) is 1. The minimum Gasteiger partial charge on any atom is -0.335 e. The van der Waals surface area contributed by atoms with Gasteiger partial charge in [0.2, 0.25) is 5.91 Å². The summed E-state index contributed by atoms with van der Waals surface area (Å²) in [6.45, 7) is 2.30. The van der Waals surface area contributed by atoms with Gasteiger partial charge in [-0.1, -0.05) is 25.3 Å². The Kier molecular flexibility index (Phi) is 4.32. The number of rotatable bonds is 2. The van der Waals surface area contributed by atoms with Crippen LogP contribution in [-0.2, 0) is 11.2 Å². The molecule has 1 aromatic carbocycles. The van der Waals surface area contributed by atoms with Gasteiger partial charge in [-0.05, 0) is 37.0 Å². The molecular weight excluding hydrogens is 278 g/mol. The van der Waals surface area contributed by atoms with E-state index in [9.17, 15) is 9.59 Å². The second-order valence-electron chi connectivity index (χ2n) is 6.20. The molecular formula is C17H23N3O2. The van der Waals surface area contributed by atoms with Gasteiger partial charge in [-0.2, -0.15) is 0 Å². The van der Waals surface area contributed by atoms with Crippen LogP contribution in [0.5, 0.6) is 0 Å². The molecule has 0 unspecified atom stereocenters. The Hall–Kier alpha value is -2.04. The van der Waals surface area contributed by atoms with Gasteiger partial charge in [-0.25, -0.2) is 4.79 Å². The summed E-state index contributed by atoms with van der Waals surface area (Å²) in [6.07, 6.45) is 6.66. The summed E-state index contributed by atoms with van der Waals surface area (Å²) in [7, 11) is 0. The fourth-order valence-corrected chi connectivity index (χ4v) is 3.38. The van der Waals surface area contributed by atoms with Crippen LogP contribution in [0.1, 0.15) is 44.6 Å². The van der Waals surface area contributed by atoms with Crippen molar-refractivity contribution in [3.8, 4) is 0 Å². The molecule has 0 aromatic heterocycles. The molecule has 0 spiro atoms. The van der Waals surface area contributed by atoms with Crippen LogP contribution in [-0.4, -0.2) is 24.5 Å². The van der Waals surface area contributed by atoms with E-state index < -0.39 is 0 Å². The van der Waals surface area contributed by atoms with Crippen molar-refractivity contribution in [2.75, 3.05) is 16.8 Å². The van der Waals surface area contributed by atoms with Gasteiger partial charge < -0.3 is 15.5 Å². The van der Waals surface area contributed by atoms with Crippen LogP contribution in [0.4, 0.5) is 16.2 Å². The van der Waals surface area contributed by atoms with E-state index in [1.807, 2.05) is 18.2 Å². The van der Waals surface area contributed by atoms with Crippen LogP contribution < -0.4 is 15.5 Å². The maximum atomic E-state index is 12.1. The number of fused-ring (bicyclic) bond motifs is 1. The first-order valence-electron chi connectivity index (χ1n) is 8.12. The zero-order chi connectivity index (χ0) is 15.5. The molecule has 3 amide bonds. The Morgan fingerprint density at radius 2 is 1.95 bits per heavy atom. The molecule has 1 aromatic rings. The Bertz CT molecular complexity index is 579. The summed E-state index contributed by atoms with van der Waals surface area (Å²) in [6, 6.07) is 5.93. The summed E-state index contributed by atoms with van der Waals surface area (Å²) in [5.74, 6) is 0.0440. The van der Waals surface area contributed by atoms with Crippen LogP contribution in [0, 0.1) is 0 Å². The van der Waals surface area contributed by atoms with Gasteiger partial charge in [0, 0.05) is 30.9 Å². The molecule has 0 radical (unpaired) electrons. The van der Waals surface area contributed by atoms with Crippen molar-refractivity contribution in [2.24, 2.45) is 0 Å². The van der Waals surface area contributed by atoms with Gasteiger partial charge in [-0.15, -0.1) is 0 Å². The van der Waals surface area contributed by atoms with Crippen LogP contribution in [0.3, 0.4) is 0 Å². The largest absolute Gasteiger partial charge is 0.335 e. The van der Waals surface area contributed by atoms with Crippen LogP contribution >= 0.6 is 0 Å². The molecule has 0 atom stereocenters. The summed E-state index contributed by atoms with van der Waals surface area (Å²) >= 11 is 0. The van der Waals surface area contributed by atoms with Gasteiger partial charge in [0.25, 0.3) is 0 Å². The van der Waals surface area contributed by atoms with E-state index in [4.69, 9.17) is 0 Å². The first kappa shape index (κ1) is 14.9. The number of urea groups is 1. The molecule has 118 valence electrons. The highest BCUT2D eigenvalue weighted by atomic mass is 16.2. The highest BCUT2D eigenvalue weighted by Gasteiger charge is 2.22. The summed E-state index contributed by atoms with van der Waals surface area (Å²) in [4.78, 5) is 25.5. The number of hydrogen-bond donors (Lipinski definition) is 2. The third-order valence-corrected chi connectivity index (χ3v) is 4.56. The SMILES string of the molecule is CC(=O)N1CCc2ccc(NC(=O)NC3CCCCC3)cc21. The maximum absolute atomic E-state index is 12.1. The smallest absolute Gasteiger partial charge is 0.319 e. The average Bonchev–Trinajstić information content (AvgIpc) is 2.91. The summed E-state index contributed by atoms with van der Waals surface area (Å²) in [5, 5.41) is 5.93. The molecule has 1 fully saturated rings. The van der Waals surface area contributed by atoms with E-state index in [2.05, 4.69) is 10.6 Å². The molecule has 1 saturated carbocycles. The third kappa shape index (κ3) is 3.24. The second kappa shape index (κ2) is 6.38. The number of anilines is 2. The molecule has 0 saturated heterocycles. The number of hydrogen-bond acceptors (Lipinski definition) is 2. The molecule has 2 aliphatic rings. The molecule has 3 rings (SSSR count). The van der Waals surface area contributed by atoms with Crippen molar-refractivity contribution in [1.29, 1.82) is 0 Å². The molecule has 0 bridgehead atoms. The fourth-order valence-electron chi connectivity index (χ4n) is 3.38. The lowest BCUT2D eigenvalue weighted by atomic mass is 9.96. The normalized spacial score (nSPS) is 18.0. The average molecular weight is 301 g/mol. The van der Waals surface area contributed by atoms with E-state index in [0.29, 0.717) is 0 Å². The predicted octanol–water partition coefficient (Wildman–Crippen LogP) is 3.05. The van der Waals surface area contributed by atoms with E-state index >= 15 is 0 Å². The van der Waals surface area contributed by atoms with Crippen molar-refractivity contribution in [3.63, 3.8) is 0 Å². The van der Waals surface area contributed by atoms with Gasteiger partial charge in [0.05, 0.1) is 0 Å². The van der Waals surface area contributed by atoms with Crippen molar-refractivity contribution in [2.45, 2.75) is 51.5 Å². The lowest BCUT2D eigenvalue weighted by Crippen LogP contribution is -2.39. The van der Waals surface area contributed by atoms with Crippen molar-refractivity contribution >= 4 is 23.3 Å². The third-order valence-electron chi connectivity index (χ3n) is 4.56. The van der Waals surface area contributed by atoms with Crippen LogP contribution in [0.2, 0.25) is 0 Å². The molecule has 5 heteroatoms. The van der Waals surface area contributed by atoms with Gasteiger partial charge in [0.15, 0.2) is 0 Å². The summed E-state index contributed by atoms with van der Waals surface area (Å²) in [5.41, 5.74) is 2.82. The first-order valence-corrected chi connectivity index (χ1v) is 8.12. The molecule has 1 heterocycles. The molecule has 1 aliphatic carbocycles. The van der Waals surface area contributed by atoms with Crippen molar-refractivity contribution < 1.29 is 9.59 Å². The number of amides is 3. The van der Waals surface area contributed by atoms with E-state index in [-0.39, 0.29) is 18.0 Å². The molecule has 2 N–H and O–H groups in total. The van der Waals surface area contributed by atoms with Crippen LogP contribution in [0.15, 0.2) is 18.2 Å². The zero-order valence-electron chi connectivity index (χ0n) is 13.0. The van der Waals surface area contributed by atoms with Crippen molar-refractivity contribution in [3.05, 3.63) is 23.8 Å². The van der Waals surface area contributed by atoms with Gasteiger partial charge in [0.1, 0.15) is 0 Å². The van der Waals surface area contributed by atoms with E-state index in [1.54, 1.807) is 11.8 Å². The topological polar surface area (TPSA) is 61.4 Å². The summed E-state index contributed by atoms with van der Waals surface area (Å²) < 4.78 is 0. The first-order chi connectivity index (χ1) is 10.6. The Morgan fingerprint density at radius 3 is 2.68 bits per heavy atom. The minimum atomic E-state index is -0.153. The maximum Gasteiger partial charge on any atom is 0.319 e. The van der Waals surface area contributed by atoms with Crippen LogP contribution in [0.25, 0.3) is 0 Å². The zero-order valence-corrected chi connectivity index (χ0v) is 13.0. The van der Waals surface area contributed by atoms with Gasteiger partial charge >= 0.3 is 6.03 Å². The number of carbonyl (C=O) groups is 2. The molecule has 1 aliphatic heterocycles. The molecule has 22 heavy (non-hydrogen) atoms. The lowest BCUT2D eigenvalue weighted by Gasteiger charge is -2.23. The highest BCUT2D eigenvalue weighted by Crippen LogP contribution is 2.30. The standard InChI is InChI=1S/C17H23N3O2/c1-12(21)20-10-9-13-7-8-15(11-16(13)20)19-17(22)18-14-5-3-2-4-6-14/h7-8,11,14H,2-6,9-10H2,1H3,(H2,18,19,22). The van der Waals surface area contributed by atoms with Crippen molar-refractivity contribution in [1.82, 2.24) is 5.32 Å². The minimum absolute atomic E-state index is 0.0440. The Balaban J connectivity index is 1.64. The Labute approximate surface area is 131 Å². The monoisotopic (exact) mass is 301 g/mol. The van der Waals surface area contributed by atoms with Gasteiger partial charge in [-0.3, -0.25) is 4.79 Å². The number of nitrogens with one attached hydrogen (secondary N) is 2. The lowest BCUT2D eigenvalue weighted by molar-refractivity contribution is -0.116. The van der Waals surface area contributed by atoms with E-state index in [0.717, 1.165) is 42.7 Å².